The third kappa shape index (κ3) is 4.48. The van der Waals surface area contributed by atoms with E-state index in [0.717, 1.165) is 10.2 Å². The van der Waals surface area contributed by atoms with Crippen molar-refractivity contribution in [3.8, 4) is 0 Å². The van der Waals surface area contributed by atoms with Crippen molar-refractivity contribution in [1.82, 2.24) is 0 Å². The monoisotopic (exact) mass is 449 g/mol. The summed E-state index contributed by atoms with van der Waals surface area (Å²) in [5, 5.41) is 5.71. The van der Waals surface area contributed by atoms with Crippen molar-refractivity contribution < 1.29 is 14.4 Å². The minimum Gasteiger partial charge on any atom is -0.326 e. The van der Waals surface area contributed by atoms with E-state index in [1.54, 1.807) is 23.1 Å². The Bertz CT molecular complexity index is 919. The zero-order chi connectivity index (χ0) is 19.6. The van der Waals surface area contributed by atoms with Gasteiger partial charge in [-0.25, -0.2) is 0 Å². The molecule has 2 aromatic rings. The summed E-state index contributed by atoms with van der Waals surface area (Å²) in [4.78, 5) is 37.7. The first-order chi connectivity index (χ1) is 12.8. The van der Waals surface area contributed by atoms with Gasteiger partial charge < -0.3 is 15.5 Å². The lowest BCUT2D eigenvalue weighted by molar-refractivity contribution is -0.122. The molecule has 2 N–H and O–H groups in total. The Morgan fingerprint density at radius 3 is 2.59 bits per heavy atom. The van der Waals surface area contributed by atoms with Gasteiger partial charge in [-0.05, 0) is 46.3 Å². The number of nitrogens with zero attached hydrogens (tertiary/aromatic N) is 1. The largest absolute Gasteiger partial charge is 0.326 e. The highest BCUT2D eigenvalue weighted by Crippen LogP contribution is 2.32. The molecule has 0 aromatic heterocycles. The Morgan fingerprint density at radius 2 is 1.93 bits per heavy atom. The molecule has 1 fully saturated rings. The Hall–Kier alpha value is -2.38. The van der Waals surface area contributed by atoms with Gasteiger partial charge in [0.2, 0.25) is 17.7 Å². The Labute approximate surface area is 170 Å². The molecule has 1 aliphatic heterocycles. The number of carbonyl (C=O) groups is 3. The molecule has 1 heterocycles. The van der Waals surface area contributed by atoms with E-state index in [2.05, 4.69) is 26.6 Å². The van der Waals surface area contributed by atoms with Gasteiger partial charge in [-0.15, -0.1) is 0 Å². The number of benzene rings is 2. The third-order valence-corrected chi connectivity index (χ3v) is 5.17. The number of carbonyl (C=O) groups excluding carboxylic acids is 3. The average Bonchev–Trinajstić information content (AvgIpc) is 2.99. The lowest BCUT2D eigenvalue weighted by Gasteiger charge is -2.18. The fourth-order valence-electron chi connectivity index (χ4n) is 2.91. The van der Waals surface area contributed by atoms with Gasteiger partial charge in [-0.3, -0.25) is 14.4 Å². The maximum absolute atomic E-state index is 12.6. The normalized spacial score (nSPS) is 16.3. The number of para-hydroxylation sites is 1. The molecule has 1 saturated heterocycles. The predicted molar refractivity (Wildman–Crippen MR) is 109 cm³/mol. The van der Waals surface area contributed by atoms with E-state index >= 15 is 0 Å². The summed E-state index contributed by atoms with van der Waals surface area (Å²) in [5.74, 6) is -1.04. The predicted octanol–water partition coefficient (Wildman–Crippen LogP) is 4.05. The minimum absolute atomic E-state index is 0.0962. The van der Waals surface area contributed by atoms with Crippen molar-refractivity contribution in [2.24, 2.45) is 5.92 Å². The van der Waals surface area contributed by atoms with E-state index in [1.165, 1.54) is 6.92 Å². The molecule has 0 radical (unpaired) electrons. The van der Waals surface area contributed by atoms with Crippen LogP contribution >= 0.6 is 27.5 Å². The van der Waals surface area contributed by atoms with Crippen LogP contribution in [-0.4, -0.2) is 24.3 Å². The summed E-state index contributed by atoms with van der Waals surface area (Å²) in [6.45, 7) is 1.70. The second-order valence-corrected chi connectivity index (χ2v) is 7.48. The van der Waals surface area contributed by atoms with Crippen LogP contribution < -0.4 is 15.5 Å². The van der Waals surface area contributed by atoms with Gasteiger partial charge in [0.1, 0.15) is 0 Å². The Balaban J connectivity index is 1.69. The molecule has 2 aromatic carbocycles. The summed E-state index contributed by atoms with van der Waals surface area (Å²) in [6.07, 6.45) is 0.144. The van der Waals surface area contributed by atoms with Gasteiger partial charge in [0.05, 0.1) is 22.3 Å². The molecule has 6 nitrogen and oxygen atoms in total. The van der Waals surface area contributed by atoms with Gasteiger partial charge >= 0.3 is 0 Å². The van der Waals surface area contributed by atoms with Crippen LogP contribution in [-0.2, 0) is 14.4 Å². The molecule has 140 valence electrons. The van der Waals surface area contributed by atoms with E-state index < -0.39 is 5.92 Å². The van der Waals surface area contributed by atoms with Crippen molar-refractivity contribution >= 4 is 62.3 Å². The molecule has 27 heavy (non-hydrogen) atoms. The number of anilines is 3. The summed E-state index contributed by atoms with van der Waals surface area (Å²) in [5.41, 5.74) is 1.73. The summed E-state index contributed by atoms with van der Waals surface area (Å²) >= 11 is 9.56. The van der Waals surface area contributed by atoms with Crippen LogP contribution in [0.15, 0.2) is 46.9 Å². The van der Waals surface area contributed by atoms with Crippen LogP contribution in [0.25, 0.3) is 0 Å². The van der Waals surface area contributed by atoms with Crippen LogP contribution in [0.1, 0.15) is 13.3 Å². The average molecular weight is 451 g/mol. The van der Waals surface area contributed by atoms with Crippen LogP contribution in [0.5, 0.6) is 0 Å². The highest BCUT2D eigenvalue weighted by Gasteiger charge is 2.35. The minimum atomic E-state index is -0.460. The topological polar surface area (TPSA) is 78.5 Å². The van der Waals surface area contributed by atoms with Gasteiger partial charge in [-0.2, -0.15) is 0 Å². The third-order valence-electron chi connectivity index (χ3n) is 4.19. The Morgan fingerprint density at radius 1 is 1.19 bits per heavy atom. The van der Waals surface area contributed by atoms with Gasteiger partial charge in [0.15, 0.2) is 0 Å². The number of hydrogen-bond acceptors (Lipinski definition) is 3. The maximum Gasteiger partial charge on any atom is 0.229 e. The number of amides is 3. The highest BCUT2D eigenvalue weighted by molar-refractivity contribution is 9.10. The maximum atomic E-state index is 12.6. The smallest absolute Gasteiger partial charge is 0.229 e. The molecule has 3 amide bonds. The second kappa shape index (κ2) is 8.10. The molecule has 0 spiro atoms. The summed E-state index contributed by atoms with van der Waals surface area (Å²) in [7, 11) is 0. The molecule has 1 atom stereocenters. The molecule has 1 unspecified atom stereocenters. The van der Waals surface area contributed by atoms with E-state index in [0.29, 0.717) is 22.9 Å². The number of hydrogen-bond donors (Lipinski definition) is 2. The molecule has 1 aliphatic rings. The van der Waals surface area contributed by atoms with E-state index in [1.807, 2.05) is 24.3 Å². The summed E-state index contributed by atoms with van der Waals surface area (Å²) in [6, 6.07) is 12.2. The van der Waals surface area contributed by atoms with Crippen molar-refractivity contribution in [3.05, 3.63) is 52.0 Å². The number of nitrogens with one attached hydrogen (secondary N) is 2. The van der Waals surface area contributed by atoms with Crippen LogP contribution in [0.2, 0.25) is 5.02 Å². The van der Waals surface area contributed by atoms with Crippen molar-refractivity contribution in [2.75, 3.05) is 22.1 Å². The Kier molecular flexibility index (Phi) is 5.82. The fraction of sp³-hybridized carbons (Fsp3) is 0.211. The van der Waals surface area contributed by atoms with Crippen LogP contribution in [0.3, 0.4) is 0 Å². The van der Waals surface area contributed by atoms with Crippen molar-refractivity contribution in [3.63, 3.8) is 0 Å². The van der Waals surface area contributed by atoms with Crippen molar-refractivity contribution in [2.45, 2.75) is 13.3 Å². The molecule has 0 bridgehead atoms. The van der Waals surface area contributed by atoms with Gasteiger partial charge in [0, 0.05) is 30.0 Å². The number of rotatable bonds is 4. The van der Waals surface area contributed by atoms with Crippen molar-refractivity contribution in [1.29, 1.82) is 0 Å². The second-order valence-electron chi connectivity index (χ2n) is 6.22. The number of halogens is 2. The molecular weight excluding hydrogens is 434 g/mol. The zero-order valence-corrected chi connectivity index (χ0v) is 16.8. The lowest BCUT2D eigenvalue weighted by Crippen LogP contribution is -2.28. The van der Waals surface area contributed by atoms with E-state index in [4.69, 9.17) is 11.6 Å². The van der Waals surface area contributed by atoms with Gasteiger partial charge in [-0.1, -0.05) is 23.7 Å². The first-order valence-electron chi connectivity index (χ1n) is 8.28. The summed E-state index contributed by atoms with van der Waals surface area (Å²) < 4.78 is 0.805. The molecule has 3 rings (SSSR count). The van der Waals surface area contributed by atoms with E-state index in [9.17, 15) is 14.4 Å². The molecular formula is C19H17BrClN3O3. The highest BCUT2D eigenvalue weighted by atomic mass is 79.9. The molecule has 0 aliphatic carbocycles. The first kappa shape index (κ1) is 19.4. The SMILES string of the molecule is CC(=O)Nc1ccc(NC(=O)C2CC(=O)N(c3ccccc3Br)C2)cc1Cl. The zero-order valence-electron chi connectivity index (χ0n) is 14.5. The molecule has 0 saturated carbocycles. The lowest BCUT2D eigenvalue weighted by atomic mass is 10.1. The van der Waals surface area contributed by atoms with Crippen LogP contribution in [0.4, 0.5) is 17.1 Å². The van der Waals surface area contributed by atoms with Gasteiger partial charge in [0.25, 0.3) is 0 Å². The quantitative estimate of drug-likeness (QED) is 0.737. The standard InChI is InChI=1S/C19H17BrClN3O3/c1-11(25)22-16-7-6-13(9-15(16)21)23-19(27)12-8-18(26)24(10-12)17-5-3-2-4-14(17)20/h2-7,9,12H,8,10H2,1H3,(H,22,25)(H,23,27). The molecule has 8 heteroatoms. The fourth-order valence-corrected chi connectivity index (χ4v) is 3.64. The van der Waals surface area contributed by atoms with E-state index in [-0.39, 0.29) is 24.1 Å². The van der Waals surface area contributed by atoms with Crippen LogP contribution in [0, 0.1) is 5.92 Å². The first-order valence-corrected chi connectivity index (χ1v) is 9.45.